The second kappa shape index (κ2) is 10.6. The van der Waals surface area contributed by atoms with Gasteiger partial charge in [-0.15, -0.1) is 0 Å². The number of carbonyl (C=O) groups excluding carboxylic acids is 2. The molecule has 0 atom stereocenters. The van der Waals surface area contributed by atoms with Crippen molar-refractivity contribution in [2.75, 3.05) is 5.32 Å². The highest BCUT2D eigenvalue weighted by molar-refractivity contribution is 6.39. The molecule has 0 spiro atoms. The van der Waals surface area contributed by atoms with Crippen molar-refractivity contribution in [3.05, 3.63) is 107 Å². The molecule has 7 heteroatoms. The van der Waals surface area contributed by atoms with E-state index in [0.29, 0.717) is 23.1 Å². The summed E-state index contributed by atoms with van der Waals surface area (Å²) in [5, 5.41) is 9.27. The van der Waals surface area contributed by atoms with Gasteiger partial charge < -0.3 is 10.1 Å². The maximum Gasteiger partial charge on any atom is 0.329 e. The van der Waals surface area contributed by atoms with Crippen molar-refractivity contribution in [3.8, 4) is 5.75 Å². The van der Waals surface area contributed by atoms with Crippen LogP contribution >= 0.6 is 11.6 Å². The van der Waals surface area contributed by atoms with Crippen molar-refractivity contribution in [3.63, 3.8) is 0 Å². The van der Waals surface area contributed by atoms with Crippen LogP contribution in [0.25, 0.3) is 10.8 Å². The Kier molecular flexibility index (Phi) is 7.20. The van der Waals surface area contributed by atoms with E-state index in [0.717, 1.165) is 16.7 Å². The molecular weight excluding hydrogens is 450 g/mol. The molecule has 170 valence electrons. The molecule has 0 aliphatic heterocycles. The van der Waals surface area contributed by atoms with E-state index in [-0.39, 0.29) is 0 Å². The van der Waals surface area contributed by atoms with E-state index in [2.05, 4.69) is 40.1 Å². The van der Waals surface area contributed by atoms with E-state index in [4.69, 9.17) is 16.3 Å². The van der Waals surface area contributed by atoms with Crippen LogP contribution in [0.15, 0.2) is 90.0 Å². The lowest BCUT2D eigenvalue weighted by atomic mass is 10.1. The Balaban J connectivity index is 1.29. The number of halogens is 1. The molecule has 0 saturated carbocycles. The summed E-state index contributed by atoms with van der Waals surface area (Å²) in [6.07, 6.45) is 1.45. The third-order valence-electron chi connectivity index (χ3n) is 5.18. The first-order chi connectivity index (χ1) is 16.5. The van der Waals surface area contributed by atoms with Crippen LogP contribution in [-0.4, -0.2) is 18.0 Å². The summed E-state index contributed by atoms with van der Waals surface area (Å²) in [5.41, 5.74) is 5.33. The maximum absolute atomic E-state index is 12.1. The normalized spacial score (nSPS) is 10.9. The number of ether oxygens (including phenoxy) is 1. The molecule has 0 heterocycles. The molecule has 0 aliphatic carbocycles. The van der Waals surface area contributed by atoms with Crippen LogP contribution in [-0.2, 0) is 16.2 Å². The van der Waals surface area contributed by atoms with Crippen molar-refractivity contribution in [1.29, 1.82) is 0 Å². The topological polar surface area (TPSA) is 79.8 Å². The molecule has 2 N–H and O–H groups in total. The first kappa shape index (κ1) is 23.0. The Bertz CT molecular complexity index is 1360. The molecule has 4 aromatic rings. The second-order valence-corrected chi connectivity index (χ2v) is 8.04. The van der Waals surface area contributed by atoms with Crippen LogP contribution in [0.5, 0.6) is 5.75 Å². The predicted molar refractivity (Wildman–Crippen MR) is 135 cm³/mol. The van der Waals surface area contributed by atoms with Gasteiger partial charge in [-0.25, -0.2) is 5.43 Å². The SMILES string of the molecule is Cc1cc(Cl)ccc1NC(=O)C(=O)N/N=C\c1ccc(OCc2cccc3ccccc23)cc1. The minimum atomic E-state index is -0.874. The summed E-state index contributed by atoms with van der Waals surface area (Å²) in [4.78, 5) is 24.1. The third-order valence-corrected chi connectivity index (χ3v) is 5.41. The number of hydrogen-bond donors (Lipinski definition) is 2. The minimum Gasteiger partial charge on any atom is -0.489 e. The number of amides is 2. The zero-order valence-electron chi connectivity index (χ0n) is 18.4. The number of hydrogen-bond acceptors (Lipinski definition) is 4. The molecule has 0 fully saturated rings. The van der Waals surface area contributed by atoms with Gasteiger partial charge in [0, 0.05) is 10.7 Å². The number of anilines is 1. The van der Waals surface area contributed by atoms with Gasteiger partial charge in [-0.1, -0.05) is 54.1 Å². The lowest BCUT2D eigenvalue weighted by molar-refractivity contribution is -0.136. The summed E-state index contributed by atoms with van der Waals surface area (Å²) in [6, 6.07) is 26.6. The molecule has 0 aliphatic rings. The smallest absolute Gasteiger partial charge is 0.329 e. The quantitative estimate of drug-likeness (QED) is 0.222. The number of hydrazone groups is 1. The van der Waals surface area contributed by atoms with Crippen LogP contribution in [0.2, 0.25) is 5.02 Å². The second-order valence-electron chi connectivity index (χ2n) is 7.61. The van der Waals surface area contributed by atoms with Crippen LogP contribution in [0, 0.1) is 6.92 Å². The van der Waals surface area contributed by atoms with E-state index >= 15 is 0 Å². The van der Waals surface area contributed by atoms with Crippen molar-refractivity contribution in [2.45, 2.75) is 13.5 Å². The van der Waals surface area contributed by atoms with Gasteiger partial charge >= 0.3 is 11.8 Å². The number of aryl methyl sites for hydroxylation is 1. The standard InChI is InChI=1S/C27H22ClN3O3/c1-18-15-22(28)11-14-25(18)30-26(32)27(33)31-29-16-19-9-12-23(13-10-19)34-17-21-7-4-6-20-5-2-3-8-24(20)21/h2-16H,17H2,1H3,(H,30,32)(H,31,33)/b29-16-. The van der Waals surface area contributed by atoms with E-state index < -0.39 is 11.8 Å². The molecule has 0 radical (unpaired) electrons. The van der Waals surface area contributed by atoms with E-state index in [1.54, 1.807) is 25.1 Å². The first-order valence-electron chi connectivity index (χ1n) is 10.6. The van der Waals surface area contributed by atoms with Gasteiger partial charge in [0.05, 0.1) is 6.21 Å². The fourth-order valence-corrected chi connectivity index (χ4v) is 3.62. The zero-order valence-corrected chi connectivity index (χ0v) is 19.2. The average molecular weight is 472 g/mol. The first-order valence-corrected chi connectivity index (χ1v) is 11.0. The molecule has 0 unspecified atom stereocenters. The van der Waals surface area contributed by atoms with Crippen LogP contribution < -0.4 is 15.5 Å². The molecule has 0 bridgehead atoms. The molecule has 0 saturated heterocycles. The van der Waals surface area contributed by atoms with Crippen LogP contribution in [0.1, 0.15) is 16.7 Å². The fourth-order valence-electron chi connectivity index (χ4n) is 3.39. The highest BCUT2D eigenvalue weighted by atomic mass is 35.5. The fraction of sp³-hybridized carbons (Fsp3) is 0.0741. The number of nitrogens with one attached hydrogen (secondary N) is 2. The van der Waals surface area contributed by atoms with Crippen molar-refractivity contribution < 1.29 is 14.3 Å². The summed E-state index contributed by atoms with van der Waals surface area (Å²) in [6.45, 7) is 2.24. The average Bonchev–Trinajstić information content (AvgIpc) is 2.85. The van der Waals surface area contributed by atoms with Gasteiger partial charge in [-0.05, 0) is 76.9 Å². The van der Waals surface area contributed by atoms with Gasteiger partial charge in [0.1, 0.15) is 12.4 Å². The molecule has 6 nitrogen and oxygen atoms in total. The Hall–Kier alpha value is -4.16. The van der Waals surface area contributed by atoms with Gasteiger partial charge in [-0.2, -0.15) is 5.10 Å². The molecule has 4 rings (SSSR count). The highest BCUT2D eigenvalue weighted by Crippen LogP contribution is 2.21. The van der Waals surface area contributed by atoms with Gasteiger partial charge in [0.2, 0.25) is 0 Å². The lowest BCUT2D eigenvalue weighted by Crippen LogP contribution is -2.32. The number of rotatable bonds is 6. The number of nitrogens with zero attached hydrogens (tertiary/aromatic N) is 1. The van der Waals surface area contributed by atoms with Crippen molar-refractivity contribution in [2.24, 2.45) is 5.10 Å². The number of benzene rings is 4. The molecular formula is C27H22ClN3O3. The van der Waals surface area contributed by atoms with Gasteiger partial charge in [0.15, 0.2) is 0 Å². The molecule has 34 heavy (non-hydrogen) atoms. The zero-order chi connectivity index (χ0) is 23.9. The predicted octanol–water partition coefficient (Wildman–Crippen LogP) is 5.47. The molecule has 2 amide bonds. The summed E-state index contributed by atoms with van der Waals surface area (Å²) in [7, 11) is 0. The van der Waals surface area contributed by atoms with E-state index in [1.165, 1.54) is 17.0 Å². The van der Waals surface area contributed by atoms with E-state index in [1.807, 2.05) is 42.5 Å². The lowest BCUT2D eigenvalue weighted by Gasteiger charge is -2.09. The van der Waals surface area contributed by atoms with Crippen molar-refractivity contribution in [1.82, 2.24) is 5.43 Å². The number of carbonyl (C=O) groups is 2. The highest BCUT2D eigenvalue weighted by Gasteiger charge is 2.14. The summed E-state index contributed by atoms with van der Waals surface area (Å²) >= 11 is 5.90. The van der Waals surface area contributed by atoms with Crippen molar-refractivity contribution >= 4 is 46.1 Å². The Morgan fingerprint density at radius 1 is 0.941 bits per heavy atom. The monoisotopic (exact) mass is 471 g/mol. The molecule has 4 aromatic carbocycles. The van der Waals surface area contributed by atoms with Gasteiger partial charge in [-0.3, -0.25) is 9.59 Å². The Labute approximate surface area is 202 Å². The minimum absolute atomic E-state index is 0.451. The van der Waals surface area contributed by atoms with Gasteiger partial charge in [0.25, 0.3) is 0 Å². The van der Waals surface area contributed by atoms with Crippen LogP contribution in [0.4, 0.5) is 5.69 Å². The maximum atomic E-state index is 12.1. The Morgan fingerprint density at radius 2 is 1.71 bits per heavy atom. The summed E-state index contributed by atoms with van der Waals surface area (Å²) < 4.78 is 5.93. The third kappa shape index (κ3) is 5.79. The van der Waals surface area contributed by atoms with Crippen LogP contribution in [0.3, 0.4) is 0 Å². The summed E-state index contributed by atoms with van der Waals surface area (Å²) in [5.74, 6) is -0.979. The van der Waals surface area contributed by atoms with E-state index in [9.17, 15) is 9.59 Å². The Morgan fingerprint density at radius 3 is 2.50 bits per heavy atom. The molecule has 0 aromatic heterocycles. The largest absolute Gasteiger partial charge is 0.489 e. The number of fused-ring (bicyclic) bond motifs is 1.